The fourth-order valence-corrected chi connectivity index (χ4v) is 7.12. The Balaban J connectivity index is -0.0000000715. The van der Waals surface area contributed by atoms with Crippen molar-refractivity contribution in [2.45, 2.75) is 273 Å². The first-order chi connectivity index (χ1) is 61.5. The molecule has 2 aromatic carbocycles. The summed E-state index contributed by atoms with van der Waals surface area (Å²) in [7, 11) is 0. The van der Waals surface area contributed by atoms with Gasteiger partial charge in [0, 0.05) is 80.4 Å². The quantitative estimate of drug-likeness (QED) is 0.0265. The van der Waals surface area contributed by atoms with E-state index in [1.54, 1.807) is 129 Å². The number of unbranched alkanes of at least 4 members (excludes halogenated alkanes) is 5. The zero-order valence-corrected chi connectivity index (χ0v) is 93.4. The third-order valence-electron chi connectivity index (χ3n) is 11.9. The van der Waals surface area contributed by atoms with Crippen molar-refractivity contribution in [3.8, 4) is 0 Å². The minimum Gasteiger partial charge on any atom is -0.300 e. The van der Waals surface area contributed by atoms with Gasteiger partial charge in [0.15, 0.2) is 0 Å². The van der Waals surface area contributed by atoms with Crippen molar-refractivity contribution in [3.63, 3.8) is 0 Å². The predicted octanol–water partition coefficient (Wildman–Crippen LogP) is 32.5. The molecule has 0 radical (unpaired) electrons. The molecular weight excluding hydrogens is 2100 g/mol. The van der Waals surface area contributed by atoms with Gasteiger partial charge in [0.2, 0.25) is 89.1 Å². The fraction of sp³-hybridized carbons (Fsp3) is 0.448. The van der Waals surface area contributed by atoms with Gasteiger partial charge in [-0.15, -0.1) is 19.7 Å². The Bertz CT molecular complexity index is 3610. The first-order valence-electron chi connectivity index (χ1n) is 40.5. The van der Waals surface area contributed by atoms with E-state index in [2.05, 4.69) is 51.8 Å². The lowest BCUT2D eigenvalue weighted by molar-refractivity contribution is -0.117. The highest BCUT2D eigenvalue weighted by atomic mass is 35.5. The van der Waals surface area contributed by atoms with Gasteiger partial charge in [-0.1, -0.05) is 215 Å². The standard InChI is InChI=1S/C9H7ClO.C7H5ClO.C7H12O.3C6H11ClO.7C5H7ClO.2C4H7ClO.C4H5ClO.C3H5ClO.C3H3ClO.C2H3ClO/c10-9(11)7-6-8-4-2-1-3-5-8;8-7(9)6-4-2-1-3-5-6;1-3-4-5-6-7(2)8;1-3-5(4-2)6(7)8;2*1-2-3-4-5-6(7)8;2*1-4(2)3-5(6)7;2*1-3-4(2)5(6)7;3*1-2-3-4-5(6)7;1-3(2)4(5)6;2*1-2-3-4(5)6;2*1-2-3(4)5;1-2(3)4/h1-7H;1-5H;3H,1,4-6H2,2H3;5H,3-4H2,1-2H3;2*2-5H2,1H3;4*3H,1-2H3;3-4H,2H2,1H3;2*2H,1,3-4H2;3H,1-2H3;2-3H2,1H3;2-3H,1H3;2H2,1H3;2H,1H2;1H3/b7-6+;;;;;;;;4-3+;4-3-;4-3+;;;;;3-2+;;;. The summed E-state index contributed by atoms with van der Waals surface area (Å²) < 4.78 is 0. The molecule has 0 atom stereocenters. The molecule has 0 saturated heterocycles. The van der Waals surface area contributed by atoms with Crippen LogP contribution in [0.1, 0.15) is 289 Å². The molecule has 0 aromatic heterocycles. The van der Waals surface area contributed by atoms with Gasteiger partial charge in [-0.2, -0.15) is 0 Å². The number of rotatable bonds is 36. The zero-order valence-electron chi connectivity index (χ0n) is 79.7. The van der Waals surface area contributed by atoms with E-state index in [0.717, 1.165) is 99.8 Å². The summed E-state index contributed by atoms with van der Waals surface area (Å²) in [5.74, 6) is 0.329. The summed E-state index contributed by atoms with van der Waals surface area (Å²) in [6.07, 6.45) is 37.9. The summed E-state index contributed by atoms with van der Waals surface area (Å²) in [6.45, 7) is 49.5. The first kappa shape index (κ1) is 167. The lowest BCUT2D eigenvalue weighted by atomic mass is 10.1. The van der Waals surface area contributed by atoms with Gasteiger partial charge >= 0.3 is 0 Å². The molecule has 19 nitrogen and oxygen atoms in total. The Hall–Kier alpha value is -5.47. The van der Waals surface area contributed by atoms with Crippen molar-refractivity contribution in [1.82, 2.24) is 0 Å². The van der Waals surface area contributed by atoms with Crippen LogP contribution in [-0.4, -0.2) is 100 Å². The van der Waals surface area contributed by atoms with E-state index in [9.17, 15) is 91.1 Å². The van der Waals surface area contributed by atoms with E-state index >= 15 is 0 Å². The van der Waals surface area contributed by atoms with Gasteiger partial charge in [-0.25, -0.2) is 0 Å². The second-order valence-electron chi connectivity index (χ2n) is 25.1. The molecule has 0 unspecified atom stereocenters. The van der Waals surface area contributed by atoms with E-state index in [-0.39, 0.29) is 75.3 Å². The first-order valence-corrected chi connectivity index (χ1v) is 47.3. The number of carbonyl (C=O) groups is 19. The molecule has 0 heterocycles. The van der Waals surface area contributed by atoms with E-state index in [1.807, 2.05) is 97.9 Å². The molecule has 0 aliphatic rings. The summed E-state index contributed by atoms with van der Waals surface area (Å²) >= 11 is 89.4. The van der Waals surface area contributed by atoms with Crippen LogP contribution in [-0.2, 0) is 86.3 Å². The second-order valence-corrected chi connectivity index (χ2v) is 32.2. The van der Waals surface area contributed by atoms with Crippen LogP contribution < -0.4 is 0 Å². The number of hydrogen-bond acceptors (Lipinski definition) is 19. The molecule has 133 heavy (non-hydrogen) atoms. The third-order valence-corrected chi connectivity index (χ3v) is 15.4. The lowest BCUT2D eigenvalue weighted by Gasteiger charge is -2.02. The van der Waals surface area contributed by atoms with Crippen LogP contribution in [0, 0.1) is 11.8 Å². The molecule has 0 spiro atoms. The van der Waals surface area contributed by atoms with Gasteiger partial charge in [0.1, 0.15) is 5.78 Å². The summed E-state index contributed by atoms with van der Waals surface area (Å²) in [5.41, 5.74) is 4.57. The third kappa shape index (κ3) is 250. The minimum absolute atomic E-state index is 0.0216. The van der Waals surface area contributed by atoms with Gasteiger partial charge in [0.05, 0.1) is 0 Å². The molecule has 2 aromatic rings. The van der Waals surface area contributed by atoms with Gasteiger partial charge in [0.25, 0.3) is 5.24 Å². The molecule has 0 N–H and O–H groups in total. The van der Waals surface area contributed by atoms with E-state index in [1.165, 1.54) is 37.3 Å². The van der Waals surface area contributed by atoms with Gasteiger partial charge < -0.3 is 4.79 Å². The number of allylic oxidation sites excluding steroid dienone is 17. The van der Waals surface area contributed by atoms with Crippen molar-refractivity contribution in [1.29, 1.82) is 0 Å². The monoisotopic (exact) mass is 2220 g/mol. The smallest absolute Gasteiger partial charge is 0.252 e. The van der Waals surface area contributed by atoms with Crippen LogP contribution in [0.5, 0.6) is 0 Å². The molecule has 0 aliphatic carbocycles. The van der Waals surface area contributed by atoms with Crippen molar-refractivity contribution in [2.75, 3.05) is 0 Å². The molecule has 0 aliphatic heterocycles. The zero-order chi connectivity index (χ0) is 108. The van der Waals surface area contributed by atoms with Crippen LogP contribution in [0.25, 0.3) is 6.08 Å². The van der Waals surface area contributed by atoms with Crippen molar-refractivity contribution in [2.24, 2.45) is 11.8 Å². The Kier molecular flexibility index (Phi) is 172. The normalized spacial score (nSPS) is 9.08. The fourth-order valence-electron chi connectivity index (χ4n) is 5.08. The van der Waals surface area contributed by atoms with Gasteiger partial charge in [-0.05, 0) is 384 Å². The van der Waals surface area contributed by atoms with Gasteiger partial charge in [-0.3, -0.25) is 86.3 Å². The SMILES string of the molecule is C/C=C(/C)C(=O)Cl.C/C=C(\C)C(=O)Cl.C/C=C/C(=O)Cl.C=CC(=O)Cl.C=CCCC(=O)Cl.C=CCCC(=O)Cl.C=CCCCC(C)=O.CC(=O)Cl.CC(C)=CC(=O)Cl.CC(C)=CC(=O)Cl.CC(C)C(=O)Cl.CC/C=C/C(=O)Cl.CCC(=O)Cl.CCC(CC)C(=O)Cl.CCCC(=O)Cl.CCCCCC(=O)Cl.CCCCCC(=O)Cl.O=C(Cl)/C=C/c1ccccc1.O=C(Cl)c1ccccc1. The van der Waals surface area contributed by atoms with E-state index < -0.39 is 36.7 Å². The minimum atomic E-state index is -0.509. The molecule has 0 fully saturated rings. The molecule has 37 heteroatoms. The molecular formula is C96H136Cl18O19. The molecule has 0 amide bonds. The maximum atomic E-state index is 10.4. The Morgan fingerprint density at radius 2 is 0.662 bits per heavy atom. The largest absolute Gasteiger partial charge is 0.300 e. The Morgan fingerprint density at radius 1 is 0.353 bits per heavy atom. The number of Topliss-reactive ketones (excluding diaryl/α,β-unsaturated/α-hetero) is 1. The predicted molar refractivity (Wildman–Crippen MR) is 571 cm³/mol. The summed E-state index contributed by atoms with van der Waals surface area (Å²) in [5, 5.41) is -6.08. The average molecular weight is 2230 g/mol. The van der Waals surface area contributed by atoms with Crippen LogP contribution in [0.3, 0.4) is 0 Å². The highest BCUT2D eigenvalue weighted by molar-refractivity contribution is 6.70. The maximum absolute atomic E-state index is 10.4. The number of hydrogen-bond donors (Lipinski definition) is 0. The number of halogens is 18. The maximum Gasteiger partial charge on any atom is 0.252 e. The van der Waals surface area contributed by atoms with Crippen LogP contribution in [0.15, 0.2) is 188 Å². The lowest BCUT2D eigenvalue weighted by Crippen LogP contribution is -2.04. The molecule has 0 saturated carbocycles. The molecule has 760 valence electrons. The van der Waals surface area contributed by atoms with Crippen LogP contribution in [0.2, 0.25) is 0 Å². The second kappa shape index (κ2) is 137. The molecule has 0 bridgehead atoms. The Labute approximate surface area is 882 Å². The Morgan fingerprint density at radius 3 is 0.782 bits per heavy atom. The van der Waals surface area contributed by atoms with Crippen LogP contribution >= 0.6 is 209 Å². The average Bonchev–Trinajstić information content (AvgIpc) is 1.58. The number of benzene rings is 2. The summed E-state index contributed by atoms with van der Waals surface area (Å²) in [6, 6.07) is 18.3. The number of carbonyl (C=O) groups excluding carboxylic acids is 19. The topological polar surface area (TPSA) is 324 Å². The van der Waals surface area contributed by atoms with Crippen molar-refractivity contribution >= 4 is 315 Å². The van der Waals surface area contributed by atoms with E-state index in [0.29, 0.717) is 74.5 Å². The van der Waals surface area contributed by atoms with E-state index in [4.69, 9.17) is 197 Å². The highest BCUT2D eigenvalue weighted by Crippen LogP contribution is 2.11. The summed E-state index contributed by atoms with van der Waals surface area (Å²) in [4.78, 5) is 189. The van der Waals surface area contributed by atoms with Crippen molar-refractivity contribution < 1.29 is 91.1 Å². The van der Waals surface area contributed by atoms with Crippen LogP contribution in [0.4, 0.5) is 0 Å². The van der Waals surface area contributed by atoms with Crippen molar-refractivity contribution in [3.05, 3.63) is 199 Å². The highest BCUT2D eigenvalue weighted by Gasteiger charge is 2.09. The molecule has 2 rings (SSSR count). The number of ketones is 1.